The molecule has 0 bridgehead atoms. The van der Waals surface area contributed by atoms with Crippen LogP contribution in [0.15, 0.2) is 26.8 Å². The van der Waals surface area contributed by atoms with E-state index in [-0.39, 0.29) is 11.5 Å². The molecule has 0 aliphatic carbocycles. The molecule has 1 aromatic rings. The number of unbranched alkanes of at least 4 members (excludes halogenated alkanes) is 2. The summed E-state index contributed by atoms with van der Waals surface area (Å²) in [6, 6.07) is 2.88. The Kier molecular flexibility index (Phi) is 9.21. The molecule has 1 heterocycles. The molecule has 0 spiro atoms. The summed E-state index contributed by atoms with van der Waals surface area (Å²) < 4.78 is 5.27. The van der Waals surface area contributed by atoms with Crippen molar-refractivity contribution in [3.8, 4) is 0 Å². The van der Waals surface area contributed by atoms with Crippen LogP contribution >= 0.6 is 0 Å². The summed E-state index contributed by atoms with van der Waals surface area (Å²) in [5, 5.41) is 8.03. The summed E-state index contributed by atoms with van der Waals surface area (Å²) in [7, 11) is 0. The molecule has 0 atom stereocenters. The molecule has 0 radical (unpaired) electrons. The zero-order valence-electron chi connectivity index (χ0n) is 15.5. The van der Waals surface area contributed by atoms with E-state index in [4.69, 9.17) is 4.42 Å². The van der Waals surface area contributed by atoms with Gasteiger partial charge in [-0.05, 0) is 51.7 Å². The smallest absolute Gasteiger partial charge is 0.307 e. The molecule has 25 heavy (non-hydrogen) atoms. The monoisotopic (exact) mass is 348 g/mol. The lowest BCUT2D eigenvalue weighted by Gasteiger charge is -2.01. The van der Waals surface area contributed by atoms with Crippen LogP contribution in [0.1, 0.15) is 87.3 Å². The second kappa shape index (κ2) is 11.2. The third-order valence-electron chi connectivity index (χ3n) is 3.53. The van der Waals surface area contributed by atoms with Crippen molar-refractivity contribution in [1.82, 2.24) is 10.9 Å². The Hall–Kier alpha value is -2.44. The fraction of sp³-hybridized carbons (Fsp3) is 0.556. The fourth-order valence-corrected chi connectivity index (χ4v) is 1.96. The summed E-state index contributed by atoms with van der Waals surface area (Å²) in [6.45, 7) is 7.90. The van der Waals surface area contributed by atoms with Gasteiger partial charge in [-0.3, -0.25) is 9.59 Å². The molecule has 0 unspecified atom stereocenters. The Balaban J connectivity index is 2.57. The minimum atomic E-state index is -0.488. The fourth-order valence-electron chi connectivity index (χ4n) is 1.96. The van der Waals surface area contributed by atoms with Crippen molar-refractivity contribution in [2.45, 2.75) is 66.2 Å². The molecular weight excluding hydrogens is 320 g/mol. The Morgan fingerprint density at radius 1 is 0.880 bits per heavy atom. The number of nitrogens with zero attached hydrogens (tertiary/aromatic N) is 2. The van der Waals surface area contributed by atoms with E-state index in [9.17, 15) is 9.59 Å². The molecule has 0 saturated carbocycles. The zero-order chi connectivity index (χ0) is 18.7. The average Bonchev–Trinajstić information content (AvgIpc) is 3.10. The third kappa shape index (κ3) is 7.78. The highest BCUT2D eigenvalue weighted by Gasteiger charge is 2.15. The van der Waals surface area contributed by atoms with Crippen LogP contribution in [0, 0.1) is 0 Å². The van der Waals surface area contributed by atoms with Gasteiger partial charge in [0.15, 0.2) is 11.5 Å². The van der Waals surface area contributed by atoms with Crippen molar-refractivity contribution < 1.29 is 14.0 Å². The number of carbonyl (C=O) groups is 2. The van der Waals surface area contributed by atoms with Crippen LogP contribution in [-0.4, -0.2) is 23.2 Å². The predicted molar refractivity (Wildman–Crippen MR) is 98.9 cm³/mol. The number of nitrogens with one attached hydrogen (secondary N) is 2. The van der Waals surface area contributed by atoms with Crippen LogP contribution < -0.4 is 10.9 Å². The second-order valence-electron chi connectivity index (χ2n) is 5.95. The number of hydrogen-bond acceptors (Lipinski definition) is 5. The number of hydrogen-bond donors (Lipinski definition) is 2. The molecule has 0 aromatic carbocycles. The maximum absolute atomic E-state index is 12.0. The molecule has 1 aromatic heterocycles. The maximum atomic E-state index is 12.0. The minimum absolute atomic E-state index is 0.0314. The van der Waals surface area contributed by atoms with Crippen molar-refractivity contribution in [2.75, 3.05) is 0 Å². The van der Waals surface area contributed by atoms with Crippen LogP contribution in [0.5, 0.6) is 0 Å². The van der Waals surface area contributed by atoms with E-state index in [1.165, 1.54) is 12.1 Å². The lowest BCUT2D eigenvalue weighted by Crippen LogP contribution is -2.20. The molecular formula is C18H28N4O3. The Bertz CT molecular complexity index is 580. The van der Waals surface area contributed by atoms with E-state index in [0.29, 0.717) is 0 Å². The maximum Gasteiger partial charge on any atom is 0.307 e. The van der Waals surface area contributed by atoms with Gasteiger partial charge >= 0.3 is 11.8 Å². The normalized spacial score (nSPS) is 12.2. The van der Waals surface area contributed by atoms with Crippen LogP contribution in [-0.2, 0) is 0 Å². The topological polar surface area (TPSA) is 96.1 Å². The first kappa shape index (κ1) is 20.6. The van der Waals surface area contributed by atoms with Crippen LogP contribution in [0.4, 0.5) is 0 Å². The molecule has 0 saturated heterocycles. The summed E-state index contributed by atoms with van der Waals surface area (Å²) in [5.41, 5.74) is 6.55. The number of amides is 2. The number of hydrazone groups is 2. The Morgan fingerprint density at radius 3 is 1.64 bits per heavy atom. The Labute approximate surface area is 148 Å². The first-order chi connectivity index (χ1) is 12.0. The molecule has 0 aliphatic rings. The highest BCUT2D eigenvalue weighted by atomic mass is 16.4. The van der Waals surface area contributed by atoms with E-state index < -0.39 is 11.8 Å². The van der Waals surface area contributed by atoms with Crippen LogP contribution in [0.3, 0.4) is 0 Å². The summed E-state index contributed by atoms with van der Waals surface area (Å²) in [4.78, 5) is 23.9. The number of rotatable bonds is 10. The van der Waals surface area contributed by atoms with Gasteiger partial charge in [0.1, 0.15) is 0 Å². The summed E-state index contributed by atoms with van der Waals surface area (Å²) >= 11 is 0. The molecule has 2 amide bonds. The van der Waals surface area contributed by atoms with Gasteiger partial charge in [0.05, 0.1) is 0 Å². The molecule has 0 fully saturated rings. The van der Waals surface area contributed by atoms with Gasteiger partial charge in [-0.1, -0.05) is 26.7 Å². The van der Waals surface area contributed by atoms with Gasteiger partial charge in [0.25, 0.3) is 0 Å². The van der Waals surface area contributed by atoms with E-state index in [1.807, 2.05) is 13.8 Å². The van der Waals surface area contributed by atoms with Gasteiger partial charge in [-0.2, -0.15) is 10.2 Å². The number of furan rings is 1. The van der Waals surface area contributed by atoms with E-state index >= 15 is 0 Å². The molecule has 7 heteroatoms. The first-order valence-electron chi connectivity index (χ1n) is 8.74. The predicted octanol–water partition coefficient (Wildman–Crippen LogP) is 3.87. The minimum Gasteiger partial charge on any atom is -0.446 e. The zero-order valence-corrected chi connectivity index (χ0v) is 15.5. The van der Waals surface area contributed by atoms with Crippen molar-refractivity contribution in [3.05, 3.63) is 23.7 Å². The van der Waals surface area contributed by atoms with Crippen LogP contribution in [0.25, 0.3) is 0 Å². The van der Waals surface area contributed by atoms with Crippen LogP contribution in [0.2, 0.25) is 0 Å². The summed E-state index contributed by atoms with van der Waals surface area (Å²) in [6.07, 6.45) is 5.84. The van der Waals surface area contributed by atoms with Gasteiger partial charge < -0.3 is 4.42 Å². The molecule has 1 rings (SSSR count). The number of carbonyl (C=O) groups excluding carboxylic acids is 2. The quantitative estimate of drug-likeness (QED) is 0.496. The van der Waals surface area contributed by atoms with Crippen molar-refractivity contribution in [3.63, 3.8) is 0 Å². The molecule has 138 valence electrons. The van der Waals surface area contributed by atoms with Crippen molar-refractivity contribution >= 4 is 23.2 Å². The third-order valence-corrected chi connectivity index (χ3v) is 3.53. The van der Waals surface area contributed by atoms with E-state index in [1.54, 1.807) is 0 Å². The first-order valence-corrected chi connectivity index (χ1v) is 8.74. The second-order valence-corrected chi connectivity index (χ2v) is 5.95. The molecule has 7 nitrogen and oxygen atoms in total. The van der Waals surface area contributed by atoms with E-state index in [2.05, 4.69) is 34.9 Å². The molecule has 0 aliphatic heterocycles. The SMILES string of the molecule is CCCC/C(C)=N\NC(=O)c1ccc(C(=O)N/N=C(/C)CCCC)o1. The van der Waals surface area contributed by atoms with Gasteiger partial charge in [0, 0.05) is 11.4 Å². The standard InChI is InChI=1S/C18H28N4O3/c1-5-7-9-13(3)19-21-17(23)15-11-12-16(25-15)18(24)22-20-14(4)10-8-6-2/h11-12H,5-10H2,1-4H3,(H,21,23)(H,22,24)/b19-13-,20-14-. The van der Waals surface area contributed by atoms with Gasteiger partial charge in [-0.15, -0.1) is 0 Å². The Morgan fingerprint density at radius 2 is 1.28 bits per heavy atom. The lowest BCUT2D eigenvalue weighted by molar-refractivity contribution is 0.0902. The summed E-state index contributed by atoms with van der Waals surface area (Å²) in [5.74, 6) is -0.914. The van der Waals surface area contributed by atoms with Crippen molar-refractivity contribution in [2.24, 2.45) is 10.2 Å². The molecule has 2 N–H and O–H groups in total. The largest absolute Gasteiger partial charge is 0.446 e. The lowest BCUT2D eigenvalue weighted by atomic mass is 10.2. The highest BCUT2D eigenvalue weighted by molar-refractivity contribution is 5.96. The van der Waals surface area contributed by atoms with E-state index in [0.717, 1.165) is 49.9 Å². The average molecular weight is 348 g/mol. The van der Waals surface area contributed by atoms with Gasteiger partial charge in [0.2, 0.25) is 0 Å². The van der Waals surface area contributed by atoms with Crippen molar-refractivity contribution in [1.29, 1.82) is 0 Å². The highest BCUT2D eigenvalue weighted by Crippen LogP contribution is 2.08. The van der Waals surface area contributed by atoms with Gasteiger partial charge in [-0.25, -0.2) is 10.9 Å².